The summed E-state index contributed by atoms with van der Waals surface area (Å²) in [5.41, 5.74) is 0.871. The quantitative estimate of drug-likeness (QED) is 0.776. The Bertz CT molecular complexity index is 572. The molecule has 2 unspecified atom stereocenters. The van der Waals surface area contributed by atoms with Gasteiger partial charge in [-0.2, -0.15) is 4.31 Å². The van der Waals surface area contributed by atoms with Crippen LogP contribution in [0.15, 0.2) is 17.2 Å². The van der Waals surface area contributed by atoms with Crippen LogP contribution >= 0.6 is 11.6 Å². The predicted octanol–water partition coefficient (Wildman–Crippen LogP) is 3.30. The van der Waals surface area contributed by atoms with Crippen LogP contribution in [0, 0.1) is 11.8 Å². The van der Waals surface area contributed by atoms with E-state index in [1.54, 1.807) is 16.6 Å². The van der Waals surface area contributed by atoms with Gasteiger partial charge in [-0.25, -0.2) is 8.42 Å². The fourth-order valence-electron chi connectivity index (χ4n) is 3.18. The standard InChI is InChI=1S/C15H25ClN2O2S/c1-4-5-17-11-15(7-14(17)8-16)21(19,20)18-9-12(2)6-13(3)10-18/h7,11-13H,4-6,8-10H2,1-3H3. The second-order valence-electron chi connectivity index (χ2n) is 6.26. The van der Waals surface area contributed by atoms with Crippen LogP contribution in [-0.4, -0.2) is 30.4 Å². The molecule has 0 spiro atoms. The number of sulfonamides is 1. The minimum absolute atomic E-state index is 0.336. The van der Waals surface area contributed by atoms with E-state index in [-0.39, 0.29) is 0 Å². The lowest BCUT2D eigenvalue weighted by atomic mass is 9.94. The minimum Gasteiger partial charge on any atom is -0.349 e. The SMILES string of the molecule is CCCn1cc(S(=O)(=O)N2CC(C)CC(C)C2)cc1CCl. The summed E-state index contributed by atoms with van der Waals surface area (Å²) >= 11 is 5.93. The molecule has 1 saturated heterocycles. The number of piperidine rings is 1. The Morgan fingerprint density at radius 2 is 1.90 bits per heavy atom. The number of rotatable bonds is 5. The Labute approximate surface area is 133 Å². The second kappa shape index (κ2) is 6.71. The van der Waals surface area contributed by atoms with Crippen molar-refractivity contribution in [3.8, 4) is 0 Å². The van der Waals surface area contributed by atoms with Gasteiger partial charge in [0.2, 0.25) is 10.0 Å². The summed E-state index contributed by atoms with van der Waals surface area (Å²) in [5, 5.41) is 0. The average Bonchev–Trinajstić information content (AvgIpc) is 2.82. The van der Waals surface area contributed by atoms with Gasteiger partial charge < -0.3 is 4.57 Å². The van der Waals surface area contributed by atoms with E-state index in [0.717, 1.165) is 25.1 Å². The van der Waals surface area contributed by atoms with Crippen LogP contribution in [0.5, 0.6) is 0 Å². The van der Waals surface area contributed by atoms with Gasteiger partial charge >= 0.3 is 0 Å². The molecule has 1 aliphatic heterocycles. The molecule has 0 saturated carbocycles. The van der Waals surface area contributed by atoms with E-state index in [4.69, 9.17) is 11.6 Å². The maximum atomic E-state index is 12.8. The molecule has 1 aromatic rings. The molecule has 0 aromatic carbocycles. The first kappa shape index (κ1) is 16.8. The summed E-state index contributed by atoms with van der Waals surface area (Å²) in [6.07, 6.45) is 3.78. The summed E-state index contributed by atoms with van der Waals surface area (Å²) in [6.45, 7) is 8.32. The summed E-state index contributed by atoms with van der Waals surface area (Å²) < 4.78 is 29.3. The fraction of sp³-hybridized carbons (Fsp3) is 0.733. The van der Waals surface area contributed by atoms with Crippen LogP contribution in [0.25, 0.3) is 0 Å². The molecule has 120 valence electrons. The van der Waals surface area contributed by atoms with Gasteiger partial charge in [0, 0.05) is 31.5 Å². The zero-order chi connectivity index (χ0) is 15.6. The van der Waals surface area contributed by atoms with Gasteiger partial charge in [-0.3, -0.25) is 0 Å². The number of aromatic nitrogens is 1. The van der Waals surface area contributed by atoms with E-state index in [2.05, 4.69) is 20.8 Å². The fourth-order valence-corrected chi connectivity index (χ4v) is 5.15. The van der Waals surface area contributed by atoms with E-state index >= 15 is 0 Å². The van der Waals surface area contributed by atoms with Crippen LogP contribution < -0.4 is 0 Å². The lowest BCUT2D eigenvalue weighted by Crippen LogP contribution is -2.42. The minimum atomic E-state index is -3.40. The maximum absolute atomic E-state index is 12.8. The summed E-state index contributed by atoms with van der Waals surface area (Å²) in [7, 11) is -3.40. The molecule has 1 aliphatic rings. The van der Waals surface area contributed by atoms with Gasteiger partial charge in [0.05, 0.1) is 5.88 Å². The normalized spacial score (nSPS) is 24.4. The van der Waals surface area contributed by atoms with E-state index < -0.39 is 10.0 Å². The Kier molecular flexibility index (Phi) is 5.38. The number of alkyl halides is 1. The zero-order valence-corrected chi connectivity index (χ0v) is 14.6. The number of hydrogen-bond donors (Lipinski definition) is 0. The van der Waals surface area contributed by atoms with E-state index in [1.807, 2.05) is 4.57 Å². The molecule has 0 bridgehead atoms. The van der Waals surface area contributed by atoms with Gasteiger partial charge in [-0.1, -0.05) is 20.8 Å². The highest BCUT2D eigenvalue weighted by Gasteiger charge is 2.32. The van der Waals surface area contributed by atoms with Gasteiger partial charge in [0.1, 0.15) is 4.90 Å². The van der Waals surface area contributed by atoms with Crippen molar-refractivity contribution >= 4 is 21.6 Å². The smallest absolute Gasteiger partial charge is 0.244 e. The van der Waals surface area contributed by atoms with Crippen molar-refractivity contribution in [2.75, 3.05) is 13.1 Å². The molecule has 0 N–H and O–H groups in total. The van der Waals surface area contributed by atoms with Crippen LogP contribution in [0.1, 0.15) is 39.3 Å². The highest BCUT2D eigenvalue weighted by Crippen LogP contribution is 2.28. The molecular formula is C15H25ClN2O2S. The Morgan fingerprint density at radius 3 is 2.43 bits per heavy atom. The molecule has 21 heavy (non-hydrogen) atoms. The maximum Gasteiger partial charge on any atom is 0.244 e. The molecule has 6 heteroatoms. The first-order chi connectivity index (χ1) is 9.88. The van der Waals surface area contributed by atoms with Crippen molar-refractivity contribution in [1.82, 2.24) is 8.87 Å². The topological polar surface area (TPSA) is 42.3 Å². The zero-order valence-electron chi connectivity index (χ0n) is 13.0. The molecular weight excluding hydrogens is 308 g/mol. The third-order valence-electron chi connectivity index (χ3n) is 4.04. The van der Waals surface area contributed by atoms with Crippen molar-refractivity contribution < 1.29 is 8.42 Å². The highest BCUT2D eigenvalue weighted by molar-refractivity contribution is 7.89. The van der Waals surface area contributed by atoms with E-state index in [9.17, 15) is 8.42 Å². The number of halogens is 1. The molecule has 2 heterocycles. The van der Waals surface area contributed by atoms with E-state index in [0.29, 0.717) is 35.7 Å². The molecule has 2 atom stereocenters. The monoisotopic (exact) mass is 332 g/mol. The summed E-state index contributed by atoms with van der Waals surface area (Å²) in [5.74, 6) is 1.16. The number of aryl methyl sites for hydroxylation is 1. The van der Waals surface area contributed by atoms with E-state index in [1.165, 1.54) is 0 Å². The predicted molar refractivity (Wildman–Crippen MR) is 86.0 cm³/mol. The van der Waals surface area contributed by atoms with Crippen molar-refractivity contribution in [2.45, 2.75) is 50.9 Å². The lowest BCUT2D eigenvalue weighted by molar-refractivity contribution is 0.222. The van der Waals surface area contributed by atoms with Crippen molar-refractivity contribution in [2.24, 2.45) is 11.8 Å². The first-order valence-corrected chi connectivity index (χ1v) is 9.61. The van der Waals surface area contributed by atoms with Gasteiger partial charge in [-0.05, 0) is 30.7 Å². The Balaban J connectivity index is 2.30. The number of nitrogens with zero attached hydrogens (tertiary/aromatic N) is 2. The van der Waals surface area contributed by atoms with Crippen LogP contribution in [0.2, 0.25) is 0 Å². The largest absolute Gasteiger partial charge is 0.349 e. The molecule has 1 aromatic heterocycles. The van der Waals surface area contributed by atoms with Crippen LogP contribution in [0.3, 0.4) is 0 Å². The molecule has 0 radical (unpaired) electrons. The average molecular weight is 333 g/mol. The molecule has 0 aliphatic carbocycles. The summed E-state index contributed by atoms with van der Waals surface area (Å²) in [6, 6.07) is 1.72. The lowest BCUT2D eigenvalue weighted by Gasteiger charge is -2.33. The van der Waals surface area contributed by atoms with Gasteiger partial charge in [0.25, 0.3) is 0 Å². The highest BCUT2D eigenvalue weighted by atomic mass is 35.5. The van der Waals surface area contributed by atoms with Crippen molar-refractivity contribution in [3.05, 3.63) is 18.0 Å². The molecule has 4 nitrogen and oxygen atoms in total. The van der Waals surface area contributed by atoms with Gasteiger partial charge in [0.15, 0.2) is 0 Å². The molecule has 0 amide bonds. The van der Waals surface area contributed by atoms with Crippen molar-refractivity contribution in [3.63, 3.8) is 0 Å². The van der Waals surface area contributed by atoms with Crippen LogP contribution in [-0.2, 0) is 22.4 Å². The Hall–Kier alpha value is -0.520. The Morgan fingerprint density at radius 1 is 1.29 bits per heavy atom. The number of hydrogen-bond acceptors (Lipinski definition) is 2. The first-order valence-electron chi connectivity index (χ1n) is 7.63. The molecule has 1 fully saturated rings. The summed E-state index contributed by atoms with van der Waals surface area (Å²) in [4.78, 5) is 0.382. The van der Waals surface area contributed by atoms with Crippen molar-refractivity contribution in [1.29, 1.82) is 0 Å². The second-order valence-corrected chi connectivity index (χ2v) is 8.47. The molecule has 2 rings (SSSR count). The van der Waals surface area contributed by atoms with Crippen LogP contribution in [0.4, 0.5) is 0 Å². The third-order valence-corrected chi connectivity index (χ3v) is 6.11. The van der Waals surface area contributed by atoms with Gasteiger partial charge in [-0.15, -0.1) is 11.6 Å². The third kappa shape index (κ3) is 3.63.